The average Bonchev–Trinajstić information content (AvgIpc) is 3.43. The largest absolute Gasteiger partial charge is 0.510 e. The maximum Gasteiger partial charge on any atom is 0.251 e. The number of carbonyl (C=O) groups is 3. The lowest BCUT2D eigenvalue weighted by Gasteiger charge is -2.54. The van der Waals surface area contributed by atoms with Gasteiger partial charge in [0.05, 0.1) is 28.8 Å². The van der Waals surface area contributed by atoms with Crippen LogP contribution in [0.5, 0.6) is 5.75 Å². The van der Waals surface area contributed by atoms with Crippen LogP contribution in [0.15, 0.2) is 33.2 Å². The molecule has 1 heterocycles. The molecule has 1 aliphatic heterocycles. The number of carbonyl (C=O) groups excluding carboxylic acids is 3. The van der Waals surface area contributed by atoms with E-state index in [1.807, 2.05) is 0 Å². The number of aliphatic hydroxyl groups is 3. The van der Waals surface area contributed by atoms with Gasteiger partial charge in [-0.1, -0.05) is 15.9 Å². The minimum Gasteiger partial charge on any atom is -0.510 e. The fraction of sp³-hybridized carbons (Fsp3) is 0.458. The van der Waals surface area contributed by atoms with Gasteiger partial charge in [-0.05, 0) is 51.4 Å². The van der Waals surface area contributed by atoms with Crippen molar-refractivity contribution in [2.45, 2.75) is 43.1 Å². The number of epoxide rings is 1. The zero-order valence-electron chi connectivity index (χ0n) is 19.2. The van der Waals surface area contributed by atoms with Gasteiger partial charge in [0, 0.05) is 16.0 Å². The van der Waals surface area contributed by atoms with Gasteiger partial charge >= 0.3 is 0 Å². The van der Waals surface area contributed by atoms with Crippen molar-refractivity contribution in [3.05, 3.63) is 49.9 Å². The molecule has 4 aliphatic rings. The van der Waals surface area contributed by atoms with E-state index in [0.29, 0.717) is 16.3 Å². The Morgan fingerprint density at radius 3 is 2.46 bits per heavy atom. The molecule has 1 amide bonds. The summed E-state index contributed by atoms with van der Waals surface area (Å²) in [6.07, 6.45) is -0.00237. The lowest BCUT2D eigenvalue weighted by atomic mass is 9.54. The Balaban J connectivity index is 1.80. The van der Waals surface area contributed by atoms with E-state index in [0.717, 1.165) is 0 Å². The number of ether oxygens (including phenoxy) is 1. The third-order valence-corrected chi connectivity index (χ3v) is 8.77. The molecular weight excluding hydrogens is 524 g/mol. The number of primary amides is 1. The SMILES string of the molecule is CC1O[C@]12C(C(N)=O)=C(O)[C@@H](N(C)C)[C@@H]1C[C@@H]3Cc4c(Br)cc(C=O)c(O)c4C(=O)C3=C(O)[C@@]12O. The number of benzene rings is 1. The fourth-order valence-corrected chi connectivity index (χ4v) is 7.22. The molecule has 35 heavy (non-hydrogen) atoms. The number of aromatic hydroxyl groups is 1. The molecule has 10 nitrogen and oxygen atoms in total. The van der Waals surface area contributed by atoms with Crippen LogP contribution >= 0.6 is 15.9 Å². The highest BCUT2D eigenvalue weighted by Gasteiger charge is 2.79. The Morgan fingerprint density at radius 1 is 1.31 bits per heavy atom. The van der Waals surface area contributed by atoms with E-state index in [2.05, 4.69) is 15.9 Å². The number of fused-ring (bicyclic) bond motifs is 4. The normalized spacial score (nSPS) is 35.7. The Hall–Kier alpha value is -2.73. The topological polar surface area (TPSA) is 174 Å². The monoisotopic (exact) mass is 548 g/mol. The van der Waals surface area contributed by atoms with Gasteiger partial charge in [-0.25, -0.2) is 0 Å². The molecule has 1 spiro atoms. The van der Waals surface area contributed by atoms with Crippen molar-refractivity contribution in [2.75, 3.05) is 14.1 Å². The van der Waals surface area contributed by atoms with Crippen LogP contribution in [0.3, 0.4) is 0 Å². The first-order valence-electron chi connectivity index (χ1n) is 11.1. The predicted octanol–water partition coefficient (Wildman–Crippen LogP) is 1.28. The second-order valence-electron chi connectivity index (χ2n) is 9.90. The number of phenolic OH excluding ortho intramolecular Hbond substituents is 1. The summed E-state index contributed by atoms with van der Waals surface area (Å²) in [7, 11) is 3.31. The number of Topliss-reactive ketones (excluding diaryl/α,β-unsaturated/α-hetero) is 1. The van der Waals surface area contributed by atoms with Crippen LogP contribution in [0.4, 0.5) is 0 Å². The van der Waals surface area contributed by atoms with E-state index in [1.165, 1.54) is 6.07 Å². The fourth-order valence-electron chi connectivity index (χ4n) is 6.61. The van der Waals surface area contributed by atoms with Crippen LogP contribution in [-0.4, -0.2) is 80.7 Å². The molecular formula is C24H25BrN2O8. The van der Waals surface area contributed by atoms with Crippen LogP contribution in [0.25, 0.3) is 0 Å². The van der Waals surface area contributed by atoms with Crippen molar-refractivity contribution in [2.24, 2.45) is 17.6 Å². The zero-order valence-corrected chi connectivity index (χ0v) is 20.8. The van der Waals surface area contributed by atoms with Crippen molar-refractivity contribution in [1.82, 2.24) is 4.90 Å². The van der Waals surface area contributed by atoms with E-state index in [-0.39, 0.29) is 40.9 Å². The molecule has 5 rings (SSSR count). The van der Waals surface area contributed by atoms with Gasteiger partial charge in [-0.15, -0.1) is 0 Å². The summed E-state index contributed by atoms with van der Waals surface area (Å²) in [6.45, 7) is 1.57. The van der Waals surface area contributed by atoms with Crippen molar-refractivity contribution < 1.29 is 39.5 Å². The standard InChI is InChI=1S/C24H25BrN2O8/c1-8-24(35-8)16(22(26)33)20(31)17(27(2)3)12-5-9-4-11-13(25)6-10(7-28)18(29)15(11)19(30)14(9)21(32)23(12,24)34/h6-9,12,17,29,31-32,34H,4-5H2,1-3H3,(H2,26,33)/t8?,9-,12-,17-,23-,24-/m0/s1. The molecule has 6 atom stereocenters. The molecule has 0 radical (unpaired) electrons. The third-order valence-electron chi connectivity index (χ3n) is 8.07. The second-order valence-corrected chi connectivity index (χ2v) is 10.8. The van der Waals surface area contributed by atoms with E-state index in [9.17, 15) is 34.8 Å². The number of nitrogens with two attached hydrogens (primary N) is 1. The number of hydrogen-bond acceptors (Lipinski definition) is 9. The van der Waals surface area contributed by atoms with Crippen LogP contribution < -0.4 is 5.73 Å². The molecule has 11 heteroatoms. The number of likely N-dealkylation sites (N-methyl/N-ethyl adjacent to an activating group) is 1. The van der Waals surface area contributed by atoms with Crippen molar-refractivity contribution in [3.63, 3.8) is 0 Å². The molecule has 6 N–H and O–H groups in total. The summed E-state index contributed by atoms with van der Waals surface area (Å²) in [5, 5.41) is 45.6. The highest BCUT2D eigenvalue weighted by atomic mass is 79.9. The lowest BCUT2D eigenvalue weighted by molar-refractivity contribution is -0.130. The minimum atomic E-state index is -2.26. The maximum atomic E-state index is 13.7. The highest BCUT2D eigenvalue weighted by molar-refractivity contribution is 9.10. The first-order valence-corrected chi connectivity index (χ1v) is 11.9. The molecule has 1 saturated heterocycles. The first-order chi connectivity index (χ1) is 16.3. The number of aliphatic hydroxyl groups excluding tert-OH is 2. The Morgan fingerprint density at radius 2 is 1.94 bits per heavy atom. The van der Waals surface area contributed by atoms with Crippen molar-refractivity contribution in [1.29, 1.82) is 0 Å². The quantitative estimate of drug-likeness (QED) is 0.275. The molecule has 0 aromatic heterocycles. The highest BCUT2D eigenvalue weighted by Crippen LogP contribution is 2.64. The second kappa shape index (κ2) is 7.39. The lowest BCUT2D eigenvalue weighted by Crippen LogP contribution is -2.67. The molecule has 1 unspecified atom stereocenters. The van der Waals surface area contributed by atoms with Crippen LogP contribution in [0.1, 0.15) is 39.6 Å². The van der Waals surface area contributed by atoms with Crippen LogP contribution in [0.2, 0.25) is 0 Å². The predicted molar refractivity (Wildman–Crippen MR) is 125 cm³/mol. The summed E-state index contributed by atoms with van der Waals surface area (Å²) in [5.41, 5.74) is 1.30. The number of allylic oxidation sites excluding steroid dienone is 1. The summed E-state index contributed by atoms with van der Waals surface area (Å²) < 4.78 is 6.19. The van der Waals surface area contributed by atoms with Gasteiger partial charge in [0.1, 0.15) is 17.3 Å². The molecule has 3 aliphatic carbocycles. The number of aldehydes is 1. The smallest absolute Gasteiger partial charge is 0.251 e. The van der Waals surface area contributed by atoms with Crippen LogP contribution in [-0.2, 0) is 16.0 Å². The molecule has 0 saturated carbocycles. The molecule has 1 aromatic carbocycles. The van der Waals surface area contributed by atoms with Gasteiger partial charge in [-0.3, -0.25) is 19.3 Å². The van der Waals surface area contributed by atoms with E-state index in [4.69, 9.17) is 10.5 Å². The number of hydrogen-bond donors (Lipinski definition) is 5. The number of ketones is 1. The summed E-state index contributed by atoms with van der Waals surface area (Å²) in [6, 6.07) is 0.521. The summed E-state index contributed by atoms with van der Waals surface area (Å²) in [4.78, 5) is 39.2. The molecule has 1 aromatic rings. The molecule has 186 valence electrons. The van der Waals surface area contributed by atoms with Gasteiger partial charge < -0.3 is 30.9 Å². The number of nitrogens with zero attached hydrogens (tertiary/aromatic N) is 1. The van der Waals surface area contributed by atoms with Crippen LogP contribution in [0, 0.1) is 11.8 Å². The number of amides is 1. The van der Waals surface area contributed by atoms with Crippen molar-refractivity contribution >= 4 is 33.9 Å². The molecule has 0 bridgehead atoms. The Labute approximate surface area is 208 Å². The number of halogens is 1. The van der Waals surface area contributed by atoms with E-state index < -0.39 is 58.4 Å². The third kappa shape index (κ3) is 2.72. The summed E-state index contributed by atoms with van der Waals surface area (Å²) in [5.74, 6) is -4.70. The number of rotatable bonds is 3. The zero-order chi connectivity index (χ0) is 25.8. The van der Waals surface area contributed by atoms with Gasteiger partial charge in [0.15, 0.2) is 23.3 Å². The van der Waals surface area contributed by atoms with Crippen molar-refractivity contribution in [3.8, 4) is 5.75 Å². The maximum absolute atomic E-state index is 13.7. The summed E-state index contributed by atoms with van der Waals surface area (Å²) >= 11 is 3.37. The van der Waals surface area contributed by atoms with Gasteiger partial charge in [0.25, 0.3) is 5.91 Å². The van der Waals surface area contributed by atoms with Gasteiger partial charge in [-0.2, -0.15) is 0 Å². The molecule has 1 fully saturated rings. The first kappa shape index (κ1) is 24.0. The minimum absolute atomic E-state index is 0.0975. The van der Waals surface area contributed by atoms with E-state index in [1.54, 1.807) is 25.9 Å². The Bertz CT molecular complexity index is 1290. The number of phenols is 1. The average molecular weight is 549 g/mol. The Kier molecular flexibility index (Phi) is 5.06. The van der Waals surface area contributed by atoms with Gasteiger partial charge in [0.2, 0.25) is 0 Å². The van der Waals surface area contributed by atoms with E-state index >= 15 is 0 Å².